The summed E-state index contributed by atoms with van der Waals surface area (Å²) in [6, 6.07) is 20.2. The first kappa shape index (κ1) is 25.7. The number of nitriles is 1. The summed E-state index contributed by atoms with van der Waals surface area (Å²) in [6.45, 7) is 2.48. The quantitative estimate of drug-likeness (QED) is 0.141. The van der Waals surface area contributed by atoms with Gasteiger partial charge in [-0.2, -0.15) is 5.26 Å². The summed E-state index contributed by atoms with van der Waals surface area (Å²) >= 11 is 4.36. The first-order valence-corrected chi connectivity index (χ1v) is 12.3. The van der Waals surface area contributed by atoms with Gasteiger partial charge < -0.3 is 14.8 Å². The highest BCUT2D eigenvalue weighted by Crippen LogP contribution is 2.31. The zero-order chi connectivity index (χ0) is 24.7. The Morgan fingerprint density at radius 2 is 1.76 bits per heavy atom. The fourth-order valence-electron chi connectivity index (χ4n) is 3.14. The van der Waals surface area contributed by atoms with E-state index in [9.17, 15) is 14.9 Å². The first-order chi connectivity index (χ1) is 16.3. The molecule has 0 saturated carbocycles. The second-order valence-corrected chi connectivity index (χ2v) is 9.58. The van der Waals surface area contributed by atoms with Crippen molar-refractivity contribution in [3.05, 3.63) is 95.6 Å². The number of carbonyl (C=O) groups excluding carboxylic acids is 2. The number of aryl methyl sites for hydroxylation is 1. The van der Waals surface area contributed by atoms with Crippen molar-refractivity contribution in [1.82, 2.24) is 0 Å². The number of ether oxygens (including phenoxy) is 2. The van der Waals surface area contributed by atoms with E-state index in [0.717, 1.165) is 18.5 Å². The Hall–Kier alpha value is -2.91. The van der Waals surface area contributed by atoms with Gasteiger partial charge in [-0.15, -0.1) is 0 Å². The summed E-state index contributed by atoms with van der Waals surface area (Å²) in [6.07, 6.45) is 1.50. The predicted molar refractivity (Wildman–Crippen MR) is 147 cm³/mol. The van der Waals surface area contributed by atoms with E-state index in [-0.39, 0.29) is 16.8 Å². The SMILES string of the molecule is COC(=O)c1ccccc1NC(=O)C(C#N)=Cc1cc(I)c(OCc2cccc(C)c2)c(I)c1. The molecular formula is C26H20I2N2O4. The molecule has 0 radical (unpaired) electrons. The van der Waals surface area contributed by atoms with Crippen molar-refractivity contribution in [2.24, 2.45) is 0 Å². The van der Waals surface area contributed by atoms with Crippen molar-refractivity contribution in [2.75, 3.05) is 12.4 Å². The van der Waals surface area contributed by atoms with Crippen LogP contribution in [0.1, 0.15) is 27.0 Å². The van der Waals surface area contributed by atoms with E-state index in [2.05, 4.69) is 56.6 Å². The molecule has 3 rings (SSSR count). The van der Waals surface area contributed by atoms with Gasteiger partial charge in [0.2, 0.25) is 0 Å². The monoisotopic (exact) mass is 678 g/mol. The number of nitrogens with one attached hydrogen (secondary N) is 1. The third-order valence-corrected chi connectivity index (χ3v) is 6.35. The molecule has 3 aromatic carbocycles. The lowest BCUT2D eigenvalue weighted by molar-refractivity contribution is -0.112. The van der Waals surface area contributed by atoms with Crippen LogP contribution in [0.3, 0.4) is 0 Å². The summed E-state index contributed by atoms with van der Waals surface area (Å²) in [5.41, 5.74) is 3.30. The molecule has 0 fully saturated rings. The van der Waals surface area contributed by atoms with Crippen LogP contribution in [0.4, 0.5) is 5.69 Å². The number of esters is 1. The van der Waals surface area contributed by atoms with Crippen molar-refractivity contribution in [1.29, 1.82) is 5.26 Å². The second-order valence-electron chi connectivity index (χ2n) is 7.25. The molecule has 3 aromatic rings. The number of benzene rings is 3. The molecule has 0 aromatic heterocycles. The summed E-state index contributed by atoms with van der Waals surface area (Å²) in [4.78, 5) is 24.7. The Morgan fingerprint density at radius 3 is 2.41 bits per heavy atom. The van der Waals surface area contributed by atoms with Crippen molar-refractivity contribution >= 4 is 68.8 Å². The van der Waals surface area contributed by atoms with Crippen LogP contribution in [0.2, 0.25) is 0 Å². The van der Waals surface area contributed by atoms with Gasteiger partial charge in [-0.25, -0.2) is 4.79 Å². The number of hydrogen-bond acceptors (Lipinski definition) is 5. The zero-order valence-corrected chi connectivity index (χ0v) is 22.7. The molecule has 1 N–H and O–H groups in total. The van der Waals surface area contributed by atoms with Crippen LogP contribution in [0.25, 0.3) is 6.08 Å². The summed E-state index contributed by atoms with van der Waals surface area (Å²) in [5.74, 6) is -0.456. The molecular weight excluding hydrogens is 658 g/mol. The topological polar surface area (TPSA) is 88.4 Å². The van der Waals surface area contributed by atoms with Crippen LogP contribution in [0, 0.1) is 25.4 Å². The van der Waals surface area contributed by atoms with E-state index in [4.69, 9.17) is 9.47 Å². The lowest BCUT2D eigenvalue weighted by Gasteiger charge is -2.12. The van der Waals surface area contributed by atoms with Gasteiger partial charge in [0.1, 0.15) is 24.0 Å². The van der Waals surface area contributed by atoms with E-state index in [1.54, 1.807) is 18.2 Å². The van der Waals surface area contributed by atoms with Gasteiger partial charge in [0, 0.05) is 0 Å². The van der Waals surface area contributed by atoms with E-state index >= 15 is 0 Å². The molecule has 0 bridgehead atoms. The van der Waals surface area contributed by atoms with Crippen molar-refractivity contribution in [3.63, 3.8) is 0 Å². The lowest BCUT2D eigenvalue weighted by atomic mass is 10.1. The number of halogens is 2. The smallest absolute Gasteiger partial charge is 0.339 e. The minimum Gasteiger partial charge on any atom is -0.487 e. The molecule has 0 aliphatic heterocycles. The van der Waals surface area contributed by atoms with Gasteiger partial charge in [0.15, 0.2) is 0 Å². The van der Waals surface area contributed by atoms with E-state index in [1.807, 2.05) is 43.3 Å². The zero-order valence-electron chi connectivity index (χ0n) is 18.4. The highest BCUT2D eigenvalue weighted by Gasteiger charge is 2.16. The Bertz CT molecular complexity index is 1290. The minimum absolute atomic E-state index is 0.0975. The number of rotatable bonds is 7. The molecule has 0 aliphatic rings. The molecule has 8 heteroatoms. The van der Waals surface area contributed by atoms with Gasteiger partial charge in [0.25, 0.3) is 5.91 Å². The van der Waals surface area contributed by atoms with E-state index in [1.165, 1.54) is 24.8 Å². The molecule has 172 valence electrons. The van der Waals surface area contributed by atoms with Gasteiger partial charge in [-0.3, -0.25) is 4.79 Å². The van der Waals surface area contributed by atoms with Crippen molar-refractivity contribution in [2.45, 2.75) is 13.5 Å². The maximum absolute atomic E-state index is 12.8. The third-order valence-electron chi connectivity index (χ3n) is 4.74. The Labute approximate surface area is 225 Å². The largest absolute Gasteiger partial charge is 0.487 e. The summed E-state index contributed by atoms with van der Waals surface area (Å²) in [7, 11) is 1.26. The average Bonchev–Trinajstić information content (AvgIpc) is 2.81. The summed E-state index contributed by atoms with van der Waals surface area (Å²) < 4.78 is 12.5. The lowest BCUT2D eigenvalue weighted by Crippen LogP contribution is -2.16. The van der Waals surface area contributed by atoms with Crippen molar-refractivity contribution < 1.29 is 19.1 Å². The number of amides is 1. The molecule has 0 saturated heterocycles. The van der Waals surface area contributed by atoms with Crippen LogP contribution in [-0.4, -0.2) is 19.0 Å². The molecule has 6 nitrogen and oxygen atoms in total. The highest BCUT2D eigenvalue weighted by atomic mass is 127. The van der Waals surface area contributed by atoms with Gasteiger partial charge in [-0.05, 0) is 93.6 Å². The Kier molecular flexibility index (Phi) is 9.06. The molecule has 0 aliphatic carbocycles. The molecule has 0 heterocycles. The molecule has 0 unspecified atom stereocenters. The van der Waals surface area contributed by atoms with Gasteiger partial charge in [-0.1, -0.05) is 42.0 Å². The fraction of sp³-hybridized carbons (Fsp3) is 0.115. The molecule has 0 atom stereocenters. The average molecular weight is 678 g/mol. The Morgan fingerprint density at radius 1 is 1.06 bits per heavy atom. The highest BCUT2D eigenvalue weighted by molar-refractivity contribution is 14.1. The fourth-order valence-corrected chi connectivity index (χ4v) is 5.27. The van der Waals surface area contributed by atoms with E-state index < -0.39 is 11.9 Å². The van der Waals surface area contributed by atoms with Crippen LogP contribution in [0.15, 0.2) is 66.2 Å². The molecule has 1 amide bonds. The van der Waals surface area contributed by atoms with Crippen LogP contribution in [-0.2, 0) is 16.1 Å². The number of anilines is 1. The van der Waals surface area contributed by atoms with E-state index in [0.29, 0.717) is 12.2 Å². The normalized spacial score (nSPS) is 10.9. The molecule has 0 spiro atoms. The third kappa shape index (κ3) is 6.57. The van der Waals surface area contributed by atoms with Gasteiger partial charge in [0.05, 0.1) is 25.5 Å². The van der Waals surface area contributed by atoms with Crippen LogP contribution >= 0.6 is 45.2 Å². The van der Waals surface area contributed by atoms with Crippen LogP contribution < -0.4 is 10.1 Å². The first-order valence-electron chi connectivity index (χ1n) is 10.1. The Balaban J connectivity index is 1.80. The molecule has 34 heavy (non-hydrogen) atoms. The number of methoxy groups -OCH3 is 1. The number of para-hydroxylation sites is 1. The summed E-state index contributed by atoms with van der Waals surface area (Å²) in [5, 5.41) is 12.2. The predicted octanol–water partition coefficient (Wildman–Crippen LogP) is 6.12. The van der Waals surface area contributed by atoms with Gasteiger partial charge >= 0.3 is 5.97 Å². The van der Waals surface area contributed by atoms with Crippen molar-refractivity contribution in [3.8, 4) is 11.8 Å². The van der Waals surface area contributed by atoms with Crippen LogP contribution in [0.5, 0.6) is 5.75 Å². The number of nitrogens with zero attached hydrogens (tertiary/aromatic N) is 1. The number of carbonyl (C=O) groups is 2. The standard InChI is InChI=1S/C26H20I2N2O4/c1-16-6-5-7-17(10-16)15-34-24-21(27)12-18(13-22(24)28)11-19(14-29)25(31)30-23-9-4-3-8-20(23)26(32)33-2/h3-13H,15H2,1-2H3,(H,30,31). The maximum Gasteiger partial charge on any atom is 0.339 e. The maximum atomic E-state index is 12.8. The second kappa shape index (κ2) is 12.0. The number of hydrogen-bond donors (Lipinski definition) is 1. The minimum atomic E-state index is -0.622.